The number of aryl methyl sites for hydroxylation is 1. The Morgan fingerprint density at radius 2 is 2.03 bits per heavy atom. The summed E-state index contributed by atoms with van der Waals surface area (Å²) in [5.41, 5.74) is 2.34. The lowest BCUT2D eigenvalue weighted by Crippen LogP contribution is -2.50. The molecule has 156 valence electrons. The van der Waals surface area contributed by atoms with Gasteiger partial charge in [-0.25, -0.2) is 0 Å². The first kappa shape index (κ1) is 20.0. The molecule has 0 radical (unpaired) electrons. The summed E-state index contributed by atoms with van der Waals surface area (Å²) < 4.78 is 1.87. The highest BCUT2D eigenvalue weighted by Gasteiger charge is 2.31. The van der Waals surface area contributed by atoms with Crippen molar-refractivity contribution in [2.45, 2.75) is 44.8 Å². The molecule has 0 bridgehead atoms. The van der Waals surface area contributed by atoms with Gasteiger partial charge in [-0.05, 0) is 56.9 Å². The number of rotatable bonds is 6. The molecular weight excluding hydrogens is 364 g/mol. The molecule has 29 heavy (non-hydrogen) atoms. The van der Waals surface area contributed by atoms with Crippen molar-refractivity contribution in [1.82, 2.24) is 29.9 Å². The van der Waals surface area contributed by atoms with Gasteiger partial charge in [-0.1, -0.05) is 6.07 Å². The molecule has 0 aliphatic carbocycles. The van der Waals surface area contributed by atoms with Crippen LogP contribution in [0.1, 0.15) is 36.8 Å². The zero-order chi connectivity index (χ0) is 20.1. The predicted octanol–water partition coefficient (Wildman–Crippen LogP) is 1.81. The highest BCUT2D eigenvalue weighted by molar-refractivity contribution is 5.78. The number of piperidine rings is 2. The van der Waals surface area contributed by atoms with Crippen LogP contribution in [0.2, 0.25) is 0 Å². The predicted molar refractivity (Wildman–Crippen MR) is 112 cm³/mol. The van der Waals surface area contributed by atoms with Gasteiger partial charge in [-0.15, -0.1) is 0 Å². The number of likely N-dealkylation sites (tertiary alicyclic amines) is 2. The zero-order valence-corrected chi connectivity index (χ0v) is 17.3. The molecule has 4 heterocycles. The molecular formula is C22H32N6O. The number of amides is 1. The van der Waals surface area contributed by atoms with E-state index in [1.807, 2.05) is 36.3 Å². The maximum absolute atomic E-state index is 12.7. The summed E-state index contributed by atoms with van der Waals surface area (Å²) in [4.78, 5) is 21.9. The number of carbonyl (C=O) groups is 1. The van der Waals surface area contributed by atoms with Gasteiger partial charge < -0.3 is 5.32 Å². The number of nitrogens with zero attached hydrogens (tertiary/aromatic N) is 5. The van der Waals surface area contributed by atoms with Crippen molar-refractivity contribution in [3.63, 3.8) is 0 Å². The smallest absolute Gasteiger partial charge is 0.224 e. The Morgan fingerprint density at radius 1 is 1.17 bits per heavy atom. The third-order valence-electron chi connectivity index (χ3n) is 6.25. The van der Waals surface area contributed by atoms with E-state index < -0.39 is 0 Å². The average Bonchev–Trinajstić information content (AvgIpc) is 3.18. The van der Waals surface area contributed by atoms with Gasteiger partial charge in [0.15, 0.2) is 0 Å². The maximum atomic E-state index is 12.7. The Bertz CT molecular complexity index is 784. The normalized spacial score (nSPS) is 21.9. The van der Waals surface area contributed by atoms with Crippen molar-refractivity contribution in [3.8, 4) is 0 Å². The molecule has 1 unspecified atom stereocenters. The first-order chi connectivity index (χ1) is 14.2. The lowest BCUT2D eigenvalue weighted by molar-refractivity contribution is -0.127. The molecule has 2 aromatic rings. The van der Waals surface area contributed by atoms with E-state index in [9.17, 15) is 4.79 Å². The van der Waals surface area contributed by atoms with E-state index in [2.05, 4.69) is 31.4 Å². The minimum Gasteiger partial charge on any atom is -0.352 e. The highest BCUT2D eigenvalue weighted by atomic mass is 16.1. The van der Waals surface area contributed by atoms with Crippen molar-refractivity contribution >= 4 is 5.91 Å². The van der Waals surface area contributed by atoms with Gasteiger partial charge in [0.05, 0.1) is 12.1 Å². The minimum absolute atomic E-state index is 0.105. The standard InChI is InChI=1S/C22H32N6O/c1-26-15-19(14-25-26)16-27-10-6-21(7-11-27)28-9-3-5-20(17-28)22(29)24-13-18-4-2-8-23-12-18/h2,4,8,12,14-15,20-21H,3,5-7,9-11,13,16-17H2,1H3,(H,24,29). The number of carbonyl (C=O) groups excluding carboxylic acids is 1. The second kappa shape index (κ2) is 9.50. The molecule has 1 N–H and O–H groups in total. The fraction of sp³-hybridized carbons (Fsp3) is 0.591. The largest absolute Gasteiger partial charge is 0.352 e. The van der Waals surface area contributed by atoms with E-state index in [1.165, 1.54) is 18.4 Å². The van der Waals surface area contributed by atoms with Crippen molar-refractivity contribution in [2.75, 3.05) is 26.2 Å². The monoisotopic (exact) mass is 396 g/mol. The third kappa shape index (κ3) is 5.42. The van der Waals surface area contributed by atoms with E-state index in [-0.39, 0.29) is 11.8 Å². The van der Waals surface area contributed by atoms with Gasteiger partial charge in [0.1, 0.15) is 0 Å². The van der Waals surface area contributed by atoms with E-state index in [0.717, 1.165) is 51.1 Å². The van der Waals surface area contributed by atoms with Crippen LogP contribution < -0.4 is 5.32 Å². The topological polar surface area (TPSA) is 66.3 Å². The third-order valence-corrected chi connectivity index (χ3v) is 6.25. The molecule has 2 aromatic heterocycles. The lowest BCUT2D eigenvalue weighted by Gasteiger charge is -2.42. The van der Waals surface area contributed by atoms with Gasteiger partial charge in [0, 0.05) is 56.9 Å². The summed E-state index contributed by atoms with van der Waals surface area (Å²) in [5, 5.41) is 7.38. The van der Waals surface area contributed by atoms with Crippen LogP contribution in [-0.2, 0) is 24.9 Å². The molecule has 2 aliphatic rings. The molecule has 0 aromatic carbocycles. The Morgan fingerprint density at radius 3 is 2.76 bits per heavy atom. The number of hydrogen-bond donors (Lipinski definition) is 1. The SMILES string of the molecule is Cn1cc(CN2CCC(N3CCCC(C(=O)NCc4cccnc4)C3)CC2)cn1. The Hall–Kier alpha value is -2.25. The summed E-state index contributed by atoms with van der Waals surface area (Å²) in [6.45, 7) is 5.81. The number of pyridine rings is 1. The van der Waals surface area contributed by atoms with E-state index >= 15 is 0 Å². The average molecular weight is 397 g/mol. The van der Waals surface area contributed by atoms with Crippen molar-refractivity contribution in [3.05, 3.63) is 48.0 Å². The van der Waals surface area contributed by atoms with Crippen molar-refractivity contribution in [1.29, 1.82) is 0 Å². The van der Waals surface area contributed by atoms with Crippen LogP contribution in [0.15, 0.2) is 36.9 Å². The van der Waals surface area contributed by atoms with Crippen LogP contribution >= 0.6 is 0 Å². The van der Waals surface area contributed by atoms with Crippen LogP contribution in [-0.4, -0.2) is 62.7 Å². The van der Waals surface area contributed by atoms with E-state index in [0.29, 0.717) is 12.6 Å². The molecule has 2 aliphatic heterocycles. The van der Waals surface area contributed by atoms with Crippen LogP contribution in [0.3, 0.4) is 0 Å². The van der Waals surface area contributed by atoms with E-state index in [1.54, 1.807) is 6.20 Å². The molecule has 7 heteroatoms. The number of hydrogen-bond acceptors (Lipinski definition) is 5. The van der Waals surface area contributed by atoms with E-state index in [4.69, 9.17) is 0 Å². The Labute approximate surface area is 173 Å². The molecule has 1 amide bonds. The molecule has 2 fully saturated rings. The molecule has 0 spiro atoms. The van der Waals surface area contributed by atoms with Crippen LogP contribution in [0.4, 0.5) is 0 Å². The number of nitrogens with one attached hydrogen (secondary N) is 1. The molecule has 2 saturated heterocycles. The van der Waals surface area contributed by atoms with Gasteiger partial charge >= 0.3 is 0 Å². The summed E-state index contributed by atoms with van der Waals surface area (Å²) in [7, 11) is 1.97. The quantitative estimate of drug-likeness (QED) is 0.807. The van der Waals surface area contributed by atoms with Gasteiger partial charge in [0.2, 0.25) is 5.91 Å². The molecule has 4 rings (SSSR count). The second-order valence-electron chi connectivity index (χ2n) is 8.44. The molecule has 0 saturated carbocycles. The first-order valence-electron chi connectivity index (χ1n) is 10.8. The first-order valence-corrected chi connectivity index (χ1v) is 10.8. The van der Waals surface area contributed by atoms with Gasteiger partial charge in [0.25, 0.3) is 0 Å². The zero-order valence-electron chi connectivity index (χ0n) is 17.3. The lowest BCUT2D eigenvalue weighted by atomic mass is 9.93. The summed E-state index contributed by atoms with van der Waals surface area (Å²) in [6.07, 6.45) is 12.1. The fourth-order valence-electron chi connectivity index (χ4n) is 4.64. The van der Waals surface area contributed by atoms with Crippen molar-refractivity contribution < 1.29 is 4.79 Å². The van der Waals surface area contributed by atoms with Crippen molar-refractivity contribution in [2.24, 2.45) is 13.0 Å². The summed E-state index contributed by atoms with van der Waals surface area (Å²) in [6, 6.07) is 4.51. The minimum atomic E-state index is 0.105. The Kier molecular flexibility index (Phi) is 6.56. The molecule has 7 nitrogen and oxygen atoms in total. The van der Waals surface area contributed by atoms with Crippen LogP contribution in [0.25, 0.3) is 0 Å². The highest BCUT2D eigenvalue weighted by Crippen LogP contribution is 2.24. The summed E-state index contributed by atoms with van der Waals surface area (Å²) >= 11 is 0. The number of aromatic nitrogens is 3. The van der Waals surface area contributed by atoms with Gasteiger partial charge in [-0.2, -0.15) is 5.10 Å². The molecule has 1 atom stereocenters. The second-order valence-corrected chi connectivity index (χ2v) is 8.44. The maximum Gasteiger partial charge on any atom is 0.224 e. The summed E-state index contributed by atoms with van der Waals surface area (Å²) in [5.74, 6) is 0.293. The van der Waals surface area contributed by atoms with Gasteiger partial charge in [-0.3, -0.25) is 24.3 Å². The fourth-order valence-corrected chi connectivity index (χ4v) is 4.64. The van der Waals surface area contributed by atoms with Crippen LogP contribution in [0.5, 0.6) is 0 Å². The van der Waals surface area contributed by atoms with Crippen LogP contribution in [0, 0.1) is 5.92 Å². The Balaban J connectivity index is 1.23.